The molecule has 5 nitrogen and oxygen atoms in total. The third-order valence-electron chi connectivity index (χ3n) is 2.88. The third-order valence-corrected chi connectivity index (χ3v) is 2.88. The molecule has 0 aliphatic rings. The smallest absolute Gasteiger partial charge is 0.272 e. The van der Waals surface area contributed by atoms with Crippen molar-refractivity contribution in [3.63, 3.8) is 0 Å². The highest BCUT2D eigenvalue weighted by atomic mass is 16.1. The zero-order valence-corrected chi connectivity index (χ0v) is 12.3. The van der Waals surface area contributed by atoms with Crippen molar-refractivity contribution in [2.75, 3.05) is 11.9 Å². The second-order valence-corrected chi connectivity index (χ2v) is 5.25. The molecule has 0 atom stereocenters. The molecule has 110 valence electrons. The lowest BCUT2D eigenvalue weighted by molar-refractivity contribution is 0.0945. The van der Waals surface area contributed by atoms with Gasteiger partial charge in [-0.3, -0.25) is 4.79 Å². The summed E-state index contributed by atoms with van der Waals surface area (Å²) in [6.07, 6.45) is 0. The minimum absolute atomic E-state index is 0.221. The number of carbonyl (C=O) groups is 1. The minimum atomic E-state index is -0.221. The third kappa shape index (κ3) is 4.87. The molecule has 1 aromatic carbocycles. The van der Waals surface area contributed by atoms with Gasteiger partial charge in [-0.05, 0) is 23.6 Å². The lowest BCUT2D eigenvalue weighted by Crippen LogP contribution is -2.24. The quantitative estimate of drug-likeness (QED) is 0.855. The van der Waals surface area contributed by atoms with Crippen molar-refractivity contribution in [2.45, 2.75) is 20.4 Å². The summed E-state index contributed by atoms with van der Waals surface area (Å²) in [6, 6.07) is 13.2. The van der Waals surface area contributed by atoms with Crippen LogP contribution in [0.2, 0.25) is 0 Å². The van der Waals surface area contributed by atoms with Crippen LogP contribution in [0.1, 0.15) is 29.9 Å². The Bertz CT molecular complexity index is 567. The van der Waals surface area contributed by atoms with E-state index in [1.54, 1.807) is 12.1 Å². The van der Waals surface area contributed by atoms with Crippen LogP contribution in [0.25, 0.3) is 0 Å². The van der Waals surface area contributed by atoms with Crippen LogP contribution in [0.4, 0.5) is 5.82 Å². The zero-order valence-electron chi connectivity index (χ0n) is 12.3. The first-order chi connectivity index (χ1) is 10.1. The molecule has 5 heteroatoms. The van der Waals surface area contributed by atoms with Crippen LogP contribution < -0.4 is 10.6 Å². The van der Waals surface area contributed by atoms with Gasteiger partial charge in [0, 0.05) is 13.1 Å². The van der Waals surface area contributed by atoms with Gasteiger partial charge >= 0.3 is 0 Å². The second-order valence-electron chi connectivity index (χ2n) is 5.25. The van der Waals surface area contributed by atoms with E-state index in [0.29, 0.717) is 24.0 Å². The van der Waals surface area contributed by atoms with E-state index in [4.69, 9.17) is 0 Å². The highest BCUT2D eigenvalue weighted by Gasteiger charge is 2.07. The molecule has 2 aromatic rings. The molecule has 0 radical (unpaired) electrons. The van der Waals surface area contributed by atoms with E-state index in [1.807, 2.05) is 30.3 Å². The number of nitrogens with zero attached hydrogens (tertiary/aromatic N) is 2. The number of amides is 1. The van der Waals surface area contributed by atoms with Crippen LogP contribution in [0, 0.1) is 5.92 Å². The fourth-order valence-electron chi connectivity index (χ4n) is 1.73. The summed E-state index contributed by atoms with van der Waals surface area (Å²) in [7, 11) is 0. The average molecular weight is 284 g/mol. The van der Waals surface area contributed by atoms with Crippen LogP contribution in [-0.4, -0.2) is 22.6 Å². The van der Waals surface area contributed by atoms with Gasteiger partial charge in [0.05, 0.1) is 0 Å². The summed E-state index contributed by atoms with van der Waals surface area (Å²) in [5.74, 6) is 0.991. The van der Waals surface area contributed by atoms with E-state index in [0.717, 1.165) is 12.1 Å². The highest BCUT2D eigenvalue weighted by molar-refractivity contribution is 5.92. The largest absolute Gasteiger partial charge is 0.368 e. The highest BCUT2D eigenvalue weighted by Crippen LogP contribution is 2.04. The summed E-state index contributed by atoms with van der Waals surface area (Å²) >= 11 is 0. The fraction of sp³-hybridized carbons (Fsp3) is 0.312. The first-order valence-electron chi connectivity index (χ1n) is 7.05. The summed E-state index contributed by atoms with van der Waals surface area (Å²) in [4.78, 5) is 12.0. The van der Waals surface area contributed by atoms with E-state index in [9.17, 15) is 4.79 Å². The van der Waals surface area contributed by atoms with Crippen molar-refractivity contribution < 1.29 is 4.79 Å². The molecule has 0 bridgehead atoms. The average Bonchev–Trinajstić information content (AvgIpc) is 2.52. The molecule has 0 fully saturated rings. The standard InChI is InChI=1S/C16H20N4O/c1-12(2)10-17-15-9-8-14(19-20-15)16(21)18-11-13-6-4-3-5-7-13/h3-9,12H,10-11H2,1-2H3,(H,17,20)(H,18,21). The van der Waals surface area contributed by atoms with Crippen LogP contribution >= 0.6 is 0 Å². The topological polar surface area (TPSA) is 66.9 Å². The maximum absolute atomic E-state index is 12.0. The van der Waals surface area contributed by atoms with Crippen molar-refractivity contribution in [3.8, 4) is 0 Å². The van der Waals surface area contributed by atoms with Crippen molar-refractivity contribution >= 4 is 11.7 Å². The molecule has 0 saturated heterocycles. The minimum Gasteiger partial charge on any atom is -0.368 e. The predicted molar refractivity (Wildman–Crippen MR) is 83.0 cm³/mol. The molecule has 2 rings (SSSR count). The number of hydrogen-bond acceptors (Lipinski definition) is 4. The van der Waals surface area contributed by atoms with Gasteiger partial charge in [0.2, 0.25) is 0 Å². The number of anilines is 1. The number of nitrogens with one attached hydrogen (secondary N) is 2. The Morgan fingerprint density at radius 1 is 1.10 bits per heavy atom. The Kier molecular flexibility index (Phi) is 5.26. The van der Waals surface area contributed by atoms with Gasteiger partial charge in [0.25, 0.3) is 5.91 Å². The summed E-state index contributed by atoms with van der Waals surface area (Å²) in [5.41, 5.74) is 1.37. The molecule has 0 spiro atoms. The van der Waals surface area contributed by atoms with Gasteiger partial charge in [-0.25, -0.2) is 0 Å². The van der Waals surface area contributed by atoms with Crippen molar-refractivity contribution in [2.24, 2.45) is 5.92 Å². The maximum atomic E-state index is 12.0. The van der Waals surface area contributed by atoms with Crippen LogP contribution in [-0.2, 0) is 6.54 Å². The first kappa shape index (κ1) is 15.0. The SMILES string of the molecule is CC(C)CNc1ccc(C(=O)NCc2ccccc2)nn1. The molecular weight excluding hydrogens is 264 g/mol. The van der Waals surface area contributed by atoms with E-state index >= 15 is 0 Å². The van der Waals surface area contributed by atoms with E-state index in [2.05, 4.69) is 34.7 Å². The van der Waals surface area contributed by atoms with Crippen LogP contribution in [0.3, 0.4) is 0 Å². The van der Waals surface area contributed by atoms with Crippen molar-refractivity contribution in [3.05, 3.63) is 53.7 Å². The summed E-state index contributed by atoms with van der Waals surface area (Å²) in [6.45, 7) is 5.54. The predicted octanol–water partition coefficient (Wildman–Crippen LogP) is 2.47. The van der Waals surface area contributed by atoms with Gasteiger partial charge < -0.3 is 10.6 Å². The Balaban J connectivity index is 1.88. The van der Waals surface area contributed by atoms with Gasteiger partial charge in [-0.15, -0.1) is 10.2 Å². The lowest BCUT2D eigenvalue weighted by atomic mass is 10.2. The molecule has 1 amide bonds. The Hall–Kier alpha value is -2.43. The van der Waals surface area contributed by atoms with E-state index < -0.39 is 0 Å². The monoisotopic (exact) mass is 284 g/mol. The Morgan fingerprint density at radius 2 is 1.86 bits per heavy atom. The van der Waals surface area contributed by atoms with Gasteiger partial charge in [-0.2, -0.15) is 0 Å². The summed E-state index contributed by atoms with van der Waals surface area (Å²) < 4.78 is 0. The number of aromatic nitrogens is 2. The molecule has 21 heavy (non-hydrogen) atoms. The second kappa shape index (κ2) is 7.38. The maximum Gasteiger partial charge on any atom is 0.272 e. The van der Waals surface area contributed by atoms with Crippen molar-refractivity contribution in [1.29, 1.82) is 0 Å². The van der Waals surface area contributed by atoms with Crippen LogP contribution in [0.5, 0.6) is 0 Å². The molecular formula is C16H20N4O. The Labute approximate surface area is 124 Å². The van der Waals surface area contributed by atoms with Gasteiger partial charge in [-0.1, -0.05) is 44.2 Å². The molecule has 1 aromatic heterocycles. The molecule has 1 heterocycles. The molecule has 0 saturated carbocycles. The van der Waals surface area contributed by atoms with Crippen molar-refractivity contribution in [1.82, 2.24) is 15.5 Å². The molecule has 0 aliphatic heterocycles. The first-order valence-corrected chi connectivity index (χ1v) is 7.05. The number of rotatable bonds is 6. The Morgan fingerprint density at radius 3 is 2.48 bits per heavy atom. The number of carbonyl (C=O) groups excluding carboxylic acids is 1. The van der Waals surface area contributed by atoms with Gasteiger partial charge in [0.1, 0.15) is 5.82 Å². The summed E-state index contributed by atoms with van der Waals surface area (Å²) in [5, 5.41) is 13.9. The van der Waals surface area contributed by atoms with E-state index in [-0.39, 0.29) is 5.91 Å². The molecule has 2 N–H and O–H groups in total. The fourth-order valence-corrected chi connectivity index (χ4v) is 1.73. The van der Waals surface area contributed by atoms with Gasteiger partial charge in [0.15, 0.2) is 5.69 Å². The molecule has 0 unspecified atom stereocenters. The van der Waals surface area contributed by atoms with E-state index in [1.165, 1.54) is 0 Å². The molecule has 0 aliphatic carbocycles. The number of hydrogen-bond donors (Lipinski definition) is 2. The number of benzene rings is 1. The van der Waals surface area contributed by atoms with Crippen LogP contribution in [0.15, 0.2) is 42.5 Å². The lowest BCUT2D eigenvalue weighted by Gasteiger charge is -2.08. The zero-order chi connectivity index (χ0) is 15.1. The normalized spacial score (nSPS) is 10.4.